The number of hydrogen-bond donors (Lipinski definition) is 1. The molecule has 1 aromatic heterocycles. The van der Waals surface area contributed by atoms with Crippen molar-refractivity contribution in [3.8, 4) is 5.69 Å². The first-order chi connectivity index (χ1) is 9.59. The Morgan fingerprint density at radius 1 is 1.25 bits per heavy atom. The van der Waals surface area contributed by atoms with Crippen molar-refractivity contribution in [1.82, 2.24) is 14.8 Å². The van der Waals surface area contributed by atoms with Crippen LogP contribution in [-0.4, -0.2) is 28.9 Å². The Labute approximate surface area is 122 Å². The molecule has 0 bridgehead atoms. The second-order valence-corrected chi connectivity index (χ2v) is 7.60. The van der Waals surface area contributed by atoms with Crippen molar-refractivity contribution in [2.45, 2.75) is 24.5 Å². The van der Waals surface area contributed by atoms with Crippen molar-refractivity contribution in [3.63, 3.8) is 0 Å². The Bertz CT molecular complexity index is 762. The van der Waals surface area contributed by atoms with Gasteiger partial charge in [-0.3, -0.25) is 9.67 Å². The van der Waals surface area contributed by atoms with E-state index in [1.807, 2.05) is 30.3 Å². The zero-order valence-electron chi connectivity index (χ0n) is 10.8. The largest absolute Gasteiger partial charge is 0.271 e. The number of nitrogens with one attached hydrogen (secondary N) is 1. The summed E-state index contributed by atoms with van der Waals surface area (Å²) < 4.78 is 26.7. The lowest BCUT2D eigenvalue weighted by atomic mass is 10.2. The molecule has 1 saturated heterocycles. The van der Waals surface area contributed by atoms with E-state index in [0.29, 0.717) is 17.0 Å². The van der Waals surface area contributed by atoms with Gasteiger partial charge in [0.2, 0.25) is 0 Å². The smallest absolute Gasteiger partial charge is 0.199 e. The summed E-state index contributed by atoms with van der Waals surface area (Å²) in [6.45, 7) is 0. The maximum atomic E-state index is 12.3. The molecule has 1 fully saturated rings. The molecule has 1 aliphatic rings. The van der Waals surface area contributed by atoms with Crippen LogP contribution in [0.15, 0.2) is 30.3 Å². The van der Waals surface area contributed by atoms with Gasteiger partial charge in [0.25, 0.3) is 0 Å². The van der Waals surface area contributed by atoms with Crippen LogP contribution >= 0.6 is 12.2 Å². The number of hydrogen-bond acceptors (Lipinski definition) is 4. The first kappa shape index (κ1) is 13.5. The molecule has 0 saturated carbocycles. The average molecular weight is 309 g/mol. The Morgan fingerprint density at radius 3 is 2.70 bits per heavy atom. The van der Waals surface area contributed by atoms with E-state index in [1.165, 1.54) is 0 Å². The molecule has 1 atom stereocenters. The predicted molar refractivity (Wildman–Crippen MR) is 79.1 cm³/mol. The van der Waals surface area contributed by atoms with E-state index in [2.05, 4.69) is 10.2 Å². The number of para-hydroxylation sites is 1. The molecule has 7 heteroatoms. The zero-order chi connectivity index (χ0) is 14.2. The van der Waals surface area contributed by atoms with Crippen LogP contribution in [-0.2, 0) is 9.84 Å². The van der Waals surface area contributed by atoms with E-state index >= 15 is 0 Å². The van der Waals surface area contributed by atoms with Crippen LogP contribution in [0.5, 0.6) is 0 Å². The molecule has 3 rings (SSSR count). The van der Waals surface area contributed by atoms with Crippen molar-refractivity contribution >= 4 is 22.1 Å². The fourth-order valence-corrected chi connectivity index (χ4v) is 4.74. The van der Waals surface area contributed by atoms with Gasteiger partial charge in [0.1, 0.15) is 5.25 Å². The topological polar surface area (TPSA) is 67.8 Å². The third-order valence-electron chi connectivity index (χ3n) is 3.58. The van der Waals surface area contributed by atoms with Gasteiger partial charge in [-0.05, 0) is 37.2 Å². The average Bonchev–Trinajstić information content (AvgIpc) is 2.81. The minimum atomic E-state index is -3.14. The summed E-state index contributed by atoms with van der Waals surface area (Å²) in [7, 11) is -3.14. The van der Waals surface area contributed by atoms with Gasteiger partial charge in [0, 0.05) is 5.69 Å². The maximum Gasteiger partial charge on any atom is 0.199 e. The molecule has 2 heterocycles. The second-order valence-electron chi connectivity index (χ2n) is 4.91. The standard InChI is InChI=1S/C13H15N3O2S2/c17-20(18)9-5-4-8-11(20)12-14-15-13(19)16(12)10-6-2-1-3-7-10/h1-3,6-7,11H,4-5,8-9H2,(H,15,19). The number of rotatable bonds is 2. The highest BCUT2D eigenvalue weighted by Crippen LogP contribution is 2.33. The van der Waals surface area contributed by atoms with Gasteiger partial charge in [-0.15, -0.1) is 0 Å². The van der Waals surface area contributed by atoms with Gasteiger partial charge in [0.15, 0.2) is 20.4 Å². The lowest BCUT2D eigenvalue weighted by Crippen LogP contribution is -2.24. The molecular formula is C13H15N3O2S2. The van der Waals surface area contributed by atoms with Gasteiger partial charge in [-0.1, -0.05) is 24.6 Å². The van der Waals surface area contributed by atoms with Gasteiger partial charge < -0.3 is 0 Å². The number of nitrogens with zero attached hydrogens (tertiary/aromatic N) is 2. The Morgan fingerprint density at radius 2 is 2.00 bits per heavy atom. The van der Waals surface area contributed by atoms with Crippen molar-refractivity contribution in [2.75, 3.05) is 5.75 Å². The number of aromatic amines is 1. The van der Waals surface area contributed by atoms with Crippen molar-refractivity contribution in [2.24, 2.45) is 0 Å². The molecule has 2 aromatic rings. The molecule has 1 unspecified atom stereocenters. The van der Waals surface area contributed by atoms with Crippen LogP contribution in [0.2, 0.25) is 0 Å². The minimum absolute atomic E-state index is 0.228. The first-order valence-corrected chi connectivity index (χ1v) is 8.66. The molecular weight excluding hydrogens is 294 g/mol. The van der Waals surface area contributed by atoms with Crippen LogP contribution in [0.25, 0.3) is 5.69 Å². The highest BCUT2D eigenvalue weighted by atomic mass is 32.2. The maximum absolute atomic E-state index is 12.3. The predicted octanol–water partition coefficient (Wildman–Crippen LogP) is 2.57. The molecule has 0 aliphatic carbocycles. The van der Waals surface area contributed by atoms with E-state index in [0.717, 1.165) is 18.5 Å². The zero-order valence-corrected chi connectivity index (χ0v) is 12.5. The van der Waals surface area contributed by atoms with Crippen molar-refractivity contribution < 1.29 is 8.42 Å². The van der Waals surface area contributed by atoms with E-state index < -0.39 is 15.1 Å². The summed E-state index contributed by atoms with van der Waals surface area (Å²) in [4.78, 5) is 0. The summed E-state index contributed by atoms with van der Waals surface area (Å²) >= 11 is 5.25. The number of H-pyrrole nitrogens is 1. The molecule has 1 N–H and O–H groups in total. The molecule has 1 aliphatic heterocycles. The molecule has 5 nitrogen and oxygen atoms in total. The van der Waals surface area contributed by atoms with Crippen LogP contribution in [0.3, 0.4) is 0 Å². The highest BCUT2D eigenvalue weighted by molar-refractivity contribution is 7.91. The van der Waals surface area contributed by atoms with Crippen LogP contribution in [0.1, 0.15) is 30.3 Å². The Balaban J connectivity index is 2.15. The molecule has 0 radical (unpaired) electrons. The van der Waals surface area contributed by atoms with E-state index in [-0.39, 0.29) is 5.75 Å². The fraction of sp³-hybridized carbons (Fsp3) is 0.385. The van der Waals surface area contributed by atoms with E-state index in [9.17, 15) is 8.42 Å². The monoisotopic (exact) mass is 309 g/mol. The third kappa shape index (κ3) is 2.31. The quantitative estimate of drug-likeness (QED) is 0.866. The summed E-state index contributed by atoms with van der Waals surface area (Å²) in [5.74, 6) is 0.729. The summed E-state index contributed by atoms with van der Waals surface area (Å²) in [6.07, 6.45) is 2.24. The molecule has 20 heavy (non-hydrogen) atoms. The van der Waals surface area contributed by atoms with Crippen LogP contribution in [0.4, 0.5) is 0 Å². The van der Waals surface area contributed by atoms with E-state index in [4.69, 9.17) is 12.2 Å². The lowest BCUT2D eigenvalue weighted by Gasteiger charge is -2.22. The van der Waals surface area contributed by atoms with Crippen molar-refractivity contribution in [3.05, 3.63) is 40.9 Å². The normalized spacial score (nSPS) is 21.7. The van der Waals surface area contributed by atoms with Gasteiger partial charge in [-0.25, -0.2) is 8.42 Å². The summed E-state index contributed by atoms with van der Waals surface area (Å²) in [6, 6.07) is 9.48. The Hall–Kier alpha value is -1.47. The second kappa shape index (κ2) is 5.14. The summed E-state index contributed by atoms with van der Waals surface area (Å²) in [5, 5.41) is 6.33. The lowest BCUT2D eigenvalue weighted by molar-refractivity contribution is 0.535. The summed E-state index contributed by atoms with van der Waals surface area (Å²) in [5.41, 5.74) is 0.835. The fourth-order valence-electron chi connectivity index (χ4n) is 2.60. The van der Waals surface area contributed by atoms with E-state index in [1.54, 1.807) is 4.57 Å². The number of aromatic nitrogens is 3. The number of benzene rings is 1. The molecule has 0 spiro atoms. The SMILES string of the molecule is O=S1(=O)CCCCC1c1n[nH]c(=S)n1-c1ccccc1. The Kier molecular flexibility index (Phi) is 3.47. The third-order valence-corrected chi connectivity index (χ3v) is 6.02. The molecule has 106 valence electrons. The van der Waals surface area contributed by atoms with Crippen LogP contribution < -0.4 is 0 Å². The van der Waals surface area contributed by atoms with Gasteiger partial charge in [-0.2, -0.15) is 5.10 Å². The molecule has 0 amide bonds. The van der Waals surface area contributed by atoms with Crippen LogP contribution in [0, 0.1) is 4.77 Å². The minimum Gasteiger partial charge on any atom is -0.271 e. The first-order valence-electron chi connectivity index (χ1n) is 6.54. The number of sulfone groups is 1. The van der Waals surface area contributed by atoms with Gasteiger partial charge in [0.05, 0.1) is 5.75 Å². The van der Waals surface area contributed by atoms with Gasteiger partial charge >= 0.3 is 0 Å². The molecule has 1 aromatic carbocycles. The van der Waals surface area contributed by atoms with Crippen molar-refractivity contribution in [1.29, 1.82) is 0 Å². The highest BCUT2D eigenvalue weighted by Gasteiger charge is 2.34.